The summed E-state index contributed by atoms with van der Waals surface area (Å²) in [7, 11) is 0. The van der Waals surface area contributed by atoms with Crippen molar-refractivity contribution < 1.29 is 21.5 Å². The van der Waals surface area contributed by atoms with Crippen molar-refractivity contribution in [3.63, 3.8) is 0 Å². The lowest BCUT2D eigenvalue weighted by molar-refractivity contribution is -0.659. The second-order valence-corrected chi connectivity index (χ2v) is 8.40. The molecule has 31 heavy (non-hydrogen) atoms. The van der Waals surface area contributed by atoms with Crippen LogP contribution in [-0.4, -0.2) is 5.71 Å². The highest BCUT2D eigenvalue weighted by Crippen LogP contribution is 2.25. The quantitative estimate of drug-likeness (QED) is 0.338. The molecule has 1 aromatic heterocycles. The lowest BCUT2D eigenvalue weighted by Gasteiger charge is -2.16. The Bertz CT molecular complexity index is 1170. The number of aromatic nitrogens is 1. The molecule has 1 aliphatic rings. The van der Waals surface area contributed by atoms with Crippen LogP contribution in [0.2, 0.25) is 0 Å². The van der Waals surface area contributed by atoms with E-state index in [4.69, 9.17) is 5.10 Å². The van der Waals surface area contributed by atoms with Gasteiger partial charge in [-0.1, -0.05) is 101 Å². The summed E-state index contributed by atoms with van der Waals surface area (Å²) in [5.74, 6) is 0. The van der Waals surface area contributed by atoms with Crippen LogP contribution in [0, 0.1) is 0 Å². The minimum atomic E-state index is 0. The number of rotatable bonds is 5. The van der Waals surface area contributed by atoms with E-state index in [1.807, 2.05) is 0 Å². The number of fused-ring (bicyclic) bond motifs is 1. The second kappa shape index (κ2) is 10.0. The first-order valence-corrected chi connectivity index (χ1v) is 11.3. The number of hydrogen-bond donors (Lipinski definition) is 1. The lowest BCUT2D eigenvalue weighted by Crippen LogP contribution is -3.00. The molecule has 0 amide bonds. The average molecular weight is 490 g/mol. The van der Waals surface area contributed by atoms with Gasteiger partial charge < -0.3 is 17.0 Å². The summed E-state index contributed by atoms with van der Waals surface area (Å²) in [6.45, 7) is 0.804. The van der Waals surface area contributed by atoms with Gasteiger partial charge in [-0.15, -0.1) is 5.43 Å². The number of nitrogens with zero attached hydrogens (tertiary/aromatic N) is 2. The molecule has 0 saturated heterocycles. The van der Waals surface area contributed by atoms with E-state index in [0.717, 1.165) is 36.7 Å². The summed E-state index contributed by atoms with van der Waals surface area (Å²) in [6.07, 6.45) is 3.31. The monoisotopic (exact) mass is 489 g/mol. The van der Waals surface area contributed by atoms with E-state index >= 15 is 0 Å². The molecule has 0 atom stereocenters. The molecule has 3 nitrogen and oxygen atoms in total. The SMILES string of the molecule is [Br-].c1ccc(C[n+]2c(-c3ccccc3)csc2N/N=C2\CCCc3ccccc32)cc1. The molecule has 1 aliphatic carbocycles. The van der Waals surface area contributed by atoms with Crippen molar-refractivity contribution >= 4 is 22.2 Å². The van der Waals surface area contributed by atoms with Crippen LogP contribution < -0.4 is 27.0 Å². The van der Waals surface area contributed by atoms with Gasteiger partial charge in [-0.3, -0.25) is 0 Å². The third-order valence-electron chi connectivity index (χ3n) is 5.55. The third-order valence-corrected chi connectivity index (χ3v) is 6.42. The highest BCUT2D eigenvalue weighted by Gasteiger charge is 2.21. The maximum Gasteiger partial charge on any atom is 0.359 e. The Morgan fingerprint density at radius 1 is 0.839 bits per heavy atom. The molecular formula is C26H24BrN3S. The van der Waals surface area contributed by atoms with E-state index in [1.165, 1.54) is 27.9 Å². The van der Waals surface area contributed by atoms with Crippen molar-refractivity contribution in [3.8, 4) is 11.3 Å². The topological polar surface area (TPSA) is 28.3 Å². The summed E-state index contributed by atoms with van der Waals surface area (Å²) < 4.78 is 2.33. The van der Waals surface area contributed by atoms with Gasteiger partial charge in [-0.25, -0.2) is 4.57 Å². The van der Waals surface area contributed by atoms with E-state index in [0.29, 0.717) is 0 Å². The van der Waals surface area contributed by atoms with E-state index in [9.17, 15) is 0 Å². The molecule has 0 saturated carbocycles. The van der Waals surface area contributed by atoms with Gasteiger partial charge in [-0.2, -0.15) is 0 Å². The van der Waals surface area contributed by atoms with Crippen molar-refractivity contribution in [2.75, 3.05) is 5.43 Å². The zero-order chi connectivity index (χ0) is 20.2. The summed E-state index contributed by atoms with van der Waals surface area (Å²) in [5, 5.41) is 8.13. The molecule has 1 heterocycles. The van der Waals surface area contributed by atoms with Crippen molar-refractivity contribution in [1.29, 1.82) is 0 Å². The normalized spacial score (nSPS) is 14.0. The average Bonchev–Trinajstić information content (AvgIpc) is 3.21. The summed E-state index contributed by atoms with van der Waals surface area (Å²) in [4.78, 5) is 0. The first-order valence-electron chi connectivity index (χ1n) is 10.4. The largest absolute Gasteiger partial charge is 1.00 e. The summed E-state index contributed by atoms with van der Waals surface area (Å²) in [6, 6.07) is 29.8. The molecule has 0 bridgehead atoms. The molecule has 0 aliphatic heterocycles. The Labute approximate surface area is 197 Å². The molecule has 0 radical (unpaired) electrons. The van der Waals surface area contributed by atoms with E-state index in [1.54, 1.807) is 11.3 Å². The molecule has 5 rings (SSSR count). The number of thiazole rings is 1. The Hall–Kier alpha value is -2.76. The number of halogens is 1. The predicted molar refractivity (Wildman–Crippen MR) is 125 cm³/mol. The molecule has 156 valence electrons. The van der Waals surface area contributed by atoms with Gasteiger partial charge in [0.05, 0.1) is 5.71 Å². The lowest BCUT2D eigenvalue weighted by atomic mass is 9.90. The van der Waals surface area contributed by atoms with E-state index in [-0.39, 0.29) is 17.0 Å². The smallest absolute Gasteiger partial charge is 0.359 e. The molecular weight excluding hydrogens is 466 g/mol. The van der Waals surface area contributed by atoms with Gasteiger partial charge in [-0.05, 0) is 30.4 Å². The fraction of sp³-hybridized carbons (Fsp3) is 0.154. The minimum absolute atomic E-state index is 0. The molecule has 4 aromatic rings. The standard InChI is InChI=1S/C26H23N3S.BrH/c1-3-10-20(11-4-1)18-29-25(22-13-5-2-6-14-22)19-30-26(29)28-27-24-17-9-15-21-12-7-8-16-23(21)24;/h1-8,10-14,16,19H,9,15,17-18H2;1H/b27-24+;. The number of aryl methyl sites for hydroxylation is 1. The van der Waals surface area contributed by atoms with Crippen molar-refractivity contribution in [1.82, 2.24) is 0 Å². The van der Waals surface area contributed by atoms with Crippen LogP contribution in [0.15, 0.2) is 95.4 Å². The highest BCUT2D eigenvalue weighted by molar-refractivity contribution is 7.13. The molecule has 3 aromatic carbocycles. The van der Waals surface area contributed by atoms with Crippen LogP contribution >= 0.6 is 11.3 Å². The van der Waals surface area contributed by atoms with Crippen molar-refractivity contribution in [3.05, 3.63) is 107 Å². The fourth-order valence-corrected chi connectivity index (χ4v) is 4.90. The molecule has 0 fully saturated rings. The molecule has 5 heteroatoms. The van der Waals surface area contributed by atoms with Gasteiger partial charge in [0.25, 0.3) is 0 Å². The van der Waals surface area contributed by atoms with E-state index in [2.05, 4.69) is 100 Å². The van der Waals surface area contributed by atoms with Gasteiger partial charge in [0.2, 0.25) is 0 Å². The fourth-order valence-electron chi connectivity index (χ4n) is 4.02. The zero-order valence-electron chi connectivity index (χ0n) is 17.2. The predicted octanol–water partition coefficient (Wildman–Crippen LogP) is 2.91. The number of benzene rings is 3. The first kappa shape index (κ1) is 21.5. The molecule has 0 unspecified atom stereocenters. The third kappa shape index (κ3) is 4.78. The first-order chi connectivity index (χ1) is 14.9. The minimum Gasteiger partial charge on any atom is -1.00 e. The van der Waals surface area contributed by atoms with Crippen LogP contribution in [0.25, 0.3) is 11.3 Å². The Balaban J connectivity index is 0.00000231. The van der Waals surface area contributed by atoms with Gasteiger partial charge >= 0.3 is 5.13 Å². The highest BCUT2D eigenvalue weighted by atomic mass is 79.9. The van der Waals surface area contributed by atoms with Crippen LogP contribution in [0.5, 0.6) is 0 Å². The van der Waals surface area contributed by atoms with Crippen LogP contribution in [0.3, 0.4) is 0 Å². The summed E-state index contributed by atoms with van der Waals surface area (Å²) in [5.41, 5.74) is 10.9. The molecule has 0 spiro atoms. The second-order valence-electron chi connectivity index (χ2n) is 7.54. The van der Waals surface area contributed by atoms with Gasteiger partial charge in [0.15, 0.2) is 0 Å². The van der Waals surface area contributed by atoms with Gasteiger partial charge in [0.1, 0.15) is 12.2 Å². The Kier molecular flexibility index (Phi) is 6.95. The number of hydrazone groups is 1. The Morgan fingerprint density at radius 2 is 1.55 bits per heavy atom. The maximum absolute atomic E-state index is 4.86. The summed E-state index contributed by atoms with van der Waals surface area (Å²) >= 11 is 1.70. The van der Waals surface area contributed by atoms with Crippen LogP contribution in [-0.2, 0) is 13.0 Å². The van der Waals surface area contributed by atoms with Crippen molar-refractivity contribution in [2.45, 2.75) is 25.8 Å². The number of hydrogen-bond acceptors (Lipinski definition) is 3. The maximum atomic E-state index is 4.86. The van der Waals surface area contributed by atoms with Crippen LogP contribution in [0.4, 0.5) is 5.13 Å². The van der Waals surface area contributed by atoms with E-state index < -0.39 is 0 Å². The number of nitrogens with one attached hydrogen (secondary N) is 1. The molecule has 1 N–H and O–H groups in total. The number of anilines is 1. The van der Waals surface area contributed by atoms with Crippen LogP contribution in [0.1, 0.15) is 29.5 Å². The Morgan fingerprint density at radius 3 is 2.35 bits per heavy atom. The zero-order valence-corrected chi connectivity index (χ0v) is 19.6. The van der Waals surface area contributed by atoms with Gasteiger partial charge in [0, 0.05) is 16.5 Å². The van der Waals surface area contributed by atoms with Crippen molar-refractivity contribution in [2.24, 2.45) is 5.10 Å².